The molecule has 0 spiro atoms. The highest BCUT2D eigenvalue weighted by atomic mass is 35.5. The van der Waals surface area contributed by atoms with E-state index in [1.54, 1.807) is 0 Å². The summed E-state index contributed by atoms with van der Waals surface area (Å²) in [6, 6.07) is -0.166. The molecular formula is C5H14Cl2N2O2. The second kappa shape index (κ2) is 9.97. The van der Waals surface area contributed by atoms with E-state index in [1.165, 1.54) is 0 Å². The molecule has 5 N–H and O–H groups in total. The molecule has 1 unspecified atom stereocenters. The predicted molar refractivity (Wildman–Crippen MR) is 48.4 cm³/mol. The molecule has 1 atom stereocenters. The number of carboxylic acid groups (broad SMARTS) is 1. The molecule has 0 amide bonds. The van der Waals surface area contributed by atoms with Gasteiger partial charge in [0.2, 0.25) is 0 Å². The van der Waals surface area contributed by atoms with Crippen molar-refractivity contribution >= 4 is 30.8 Å². The Bertz CT molecular complexity index is 102. The Morgan fingerprint density at radius 1 is 1.45 bits per heavy atom. The van der Waals surface area contributed by atoms with Crippen molar-refractivity contribution < 1.29 is 9.90 Å². The van der Waals surface area contributed by atoms with Gasteiger partial charge < -0.3 is 16.6 Å². The minimum Gasteiger partial charge on any atom is -0.481 e. The van der Waals surface area contributed by atoms with Crippen LogP contribution in [-0.2, 0) is 4.79 Å². The molecule has 0 aromatic rings. The van der Waals surface area contributed by atoms with E-state index in [-0.39, 0.29) is 37.3 Å². The first-order valence-corrected chi connectivity index (χ1v) is 2.84. The number of carbonyl (C=O) groups is 1. The molecular weight excluding hydrogens is 191 g/mol. The van der Waals surface area contributed by atoms with Crippen LogP contribution in [0.2, 0.25) is 0 Å². The molecule has 11 heavy (non-hydrogen) atoms. The zero-order valence-corrected chi connectivity index (χ0v) is 7.66. The van der Waals surface area contributed by atoms with Crippen LogP contribution in [0.25, 0.3) is 0 Å². The third-order valence-electron chi connectivity index (χ3n) is 1.03. The van der Waals surface area contributed by atoms with Gasteiger partial charge in [-0.1, -0.05) is 0 Å². The number of nitrogens with two attached hydrogens (primary N) is 2. The Morgan fingerprint density at radius 2 is 1.91 bits per heavy atom. The summed E-state index contributed by atoms with van der Waals surface area (Å²) in [5.41, 5.74) is 10.5. The maximum absolute atomic E-state index is 9.92. The van der Waals surface area contributed by atoms with Crippen LogP contribution in [0.3, 0.4) is 0 Å². The molecule has 70 valence electrons. The summed E-state index contributed by atoms with van der Waals surface area (Å²) < 4.78 is 0. The first kappa shape index (κ1) is 17.2. The average molecular weight is 205 g/mol. The van der Waals surface area contributed by atoms with E-state index >= 15 is 0 Å². The third-order valence-corrected chi connectivity index (χ3v) is 1.03. The van der Waals surface area contributed by atoms with Crippen LogP contribution in [0, 0.1) is 0 Å². The number of aliphatic carboxylic acids is 1. The van der Waals surface area contributed by atoms with Gasteiger partial charge in [0, 0.05) is 19.0 Å². The van der Waals surface area contributed by atoms with Crippen LogP contribution >= 0.6 is 24.8 Å². The van der Waals surface area contributed by atoms with Crippen molar-refractivity contribution in [2.45, 2.75) is 18.9 Å². The number of carboxylic acids is 1. The Morgan fingerprint density at radius 3 is 2.18 bits per heavy atom. The second-order valence-electron chi connectivity index (χ2n) is 1.93. The molecule has 0 saturated heterocycles. The summed E-state index contributed by atoms with van der Waals surface area (Å²) in [5, 5.41) is 8.16. The van der Waals surface area contributed by atoms with E-state index in [2.05, 4.69) is 0 Å². The van der Waals surface area contributed by atoms with Gasteiger partial charge in [-0.05, 0) is 6.42 Å². The molecule has 0 rings (SSSR count). The number of hydrogen-bond donors (Lipinski definition) is 3. The Kier molecular flexibility index (Phi) is 15.6. The van der Waals surface area contributed by atoms with Gasteiger partial charge in [0.25, 0.3) is 0 Å². The van der Waals surface area contributed by atoms with E-state index in [9.17, 15) is 4.79 Å². The molecule has 6 heteroatoms. The number of hydrogen-bond acceptors (Lipinski definition) is 3. The van der Waals surface area contributed by atoms with Crippen LogP contribution in [0.1, 0.15) is 12.8 Å². The maximum Gasteiger partial charge on any atom is 0.303 e. The van der Waals surface area contributed by atoms with E-state index in [1.807, 2.05) is 0 Å². The lowest BCUT2D eigenvalue weighted by atomic mass is 10.2. The van der Waals surface area contributed by atoms with Gasteiger partial charge in [-0.2, -0.15) is 0 Å². The molecule has 0 aromatic carbocycles. The molecule has 0 aliphatic carbocycles. The summed E-state index contributed by atoms with van der Waals surface area (Å²) in [6.45, 7) is 0.354. The third kappa shape index (κ3) is 13.0. The lowest BCUT2D eigenvalue weighted by molar-refractivity contribution is -0.137. The van der Waals surface area contributed by atoms with E-state index in [4.69, 9.17) is 16.6 Å². The SMILES string of the molecule is Cl.Cl.NCC(N)CCC(=O)O. The normalized spacial score (nSPS) is 10.7. The summed E-state index contributed by atoms with van der Waals surface area (Å²) in [4.78, 5) is 9.92. The van der Waals surface area contributed by atoms with Gasteiger partial charge in [-0.25, -0.2) is 0 Å². The standard InChI is InChI=1S/C5H12N2O2.2ClH/c6-3-4(7)1-2-5(8)9;;/h4H,1-3,6-7H2,(H,8,9);2*1H. The predicted octanol–water partition coefficient (Wildman–Crippen LogP) is -0.0192. The van der Waals surface area contributed by atoms with Crippen molar-refractivity contribution in [3.05, 3.63) is 0 Å². The molecule has 0 saturated carbocycles. The molecule has 4 nitrogen and oxygen atoms in total. The lowest BCUT2D eigenvalue weighted by Crippen LogP contribution is -2.30. The van der Waals surface area contributed by atoms with E-state index in [0.29, 0.717) is 13.0 Å². The Hall–Kier alpha value is -0.0300. The van der Waals surface area contributed by atoms with Crippen molar-refractivity contribution in [2.24, 2.45) is 11.5 Å². The van der Waals surface area contributed by atoms with Gasteiger partial charge >= 0.3 is 5.97 Å². The number of rotatable bonds is 4. The van der Waals surface area contributed by atoms with E-state index < -0.39 is 5.97 Å². The first-order chi connectivity index (χ1) is 4.16. The minimum atomic E-state index is -0.820. The zero-order valence-electron chi connectivity index (χ0n) is 6.03. The molecule has 0 bridgehead atoms. The summed E-state index contributed by atoms with van der Waals surface area (Å²) >= 11 is 0. The zero-order chi connectivity index (χ0) is 7.28. The van der Waals surface area contributed by atoms with Gasteiger partial charge in [0.15, 0.2) is 0 Å². The summed E-state index contributed by atoms with van der Waals surface area (Å²) in [5.74, 6) is -0.820. The van der Waals surface area contributed by atoms with Crippen LogP contribution in [-0.4, -0.2) is 23.7 Å². The fraction of sp³-hybridized carbons (Fsp3) is 0.800. The average Bonchev–Trinajstić information content (AvgIpc) is 1.83. The molecule has 0 heterocycles. The van der Waals surface area contributed by atoms with Gasteiger partial charge in [-0.15, -0.1) is 24.8 Å². The van der Waals surface area contributed by atoms with Crippen molar-refractivity contribution in [3.63, 3.8) is 0 Å². The highest BCUT2D eigenvalue weighted by Crippen LogP contribution is 1.91. The van der Waals surface area contributed by atoms with Gasteiger partial charge in [0.1, 0.15) is 0 Å². The molecule has 0 aliphatic heterocycles. The van der Waals surface area contributed by atoms with Crippen LogP contribution in [0.15, 0.2) is 0 Å². The lowest BCUT2D eigenvalue weighted by Gasteiger charge is -2.03. The quantitative estimate of drug-likeness (QED) is 0.601. The second-order valence-corrected chi connectivity index (χ2v) is 1.93. The Labute approximate surface area is 78.1 Å². The number of halogens is 2. The van der Waals surface area contributed by atoms with Crippen LogP contribution < -0.4 is 11.5 Å². The van der Waals surface area contributed by atoms with Crippen molar-refractivity contribution in [1.82, 2.24) is 0 Å². The fourth-order valence-electron chi connectivity index (χ4n) is 0.427. The molecule has 0 radical (unpaired) electrons. The summed E-state index contributed by atoms with van der Waals surface area (Å²) in [7, 11) is 0. The summed E-state index contributed by atoms with van der Waals surface area (Å²) in [6.07, 6.45) is 0.574. The topological polar surface area (TPSA) is 89.3 Å². The smallest absolute Gasteiger partial charge is 0.303 e. The van der Waals surface area contributed by atoms with Crippen molar-refractivity contribution in [2.75, 3.05) is 6.54 Å². The fourth-order valence-corrected chi connectivity index (χ4v) is 0.427. The van der Waals surface area contributed by atoms with Crippen molar-refractivity contribution in [1.29, 1.82) is 0 Å². The van der Waals surface area contributed by atoms with Crippen molar-refractivity contribution in [3.8, 4) is 0 Å². The van der Waals surface area contributed by atoms with Crippen LogP contribution in [0.4, 0.5) is 0 Å². The Balaban J connectivity index is -0.000000320. The monoisotopic (exact) mass is 204 g/mol. The first-order valence-electron chi connectivity index (χ1n) is 2.84. The highest BCUT2D eigenvalue weighted by molar-refractivity contribution is 5.85. The minimum absolute atomic E-state index is 0. The molecule has 0 aromatic heterocycles. The van der Waals surface area contributed by atoms with Gasteiger partial charge in [0.05, 0.1) is 0 Å². The van der Waals surface area contributed by atoms with E-state index in [0.717, 1.165) is 0 Å². The maximum atomic E-state index is 9.92. The molecule has 0 aliphatic rings. The van der Waals surface area contributed by atoms with Crippen LogP contribution in [0.5, 0.6) is 0 Å². The highest BCUT2D eigenvalue weighted by Gasteiger charge is 2.01. The van der Waals surface area contributed by atoms with Gasteiger partial charge in [-0.3, -0.25) is 4.79 Å². The molecule has 0 fully saturated rings. The largest absolute Gasteiger partial charge is 0.481 e.